The van der Waals surface area contributed by atoms with Crippen molar-refractivity contribution in [3.63, 3.8) is 0 Å². The van der Waals surface area contributed by atoms with Gasteiger partial charge in [0.25, 0.3) is 5.91 Å². The van der Waals surface area contributed by atoms with Gasteiger partial charge in [0.1, 0.15) is 23.1 Å². The Morgan fingerprint density at radius 1 is 1.03 bits per heavy atom. The molecule has 4 aromatic rings. The zero-order chi connectivity index (χ0) is 20.2. The monoisotopic (exact) mass is 392 g/mol. The molecule has 7 heteroatoms. The summed E-state index contributed by atoms with van der Waals surface area (Å²) in [5, 5.41) is 6.58. The number of aromatic nitrogens is 2. The number of benzene rings is 2. The van der Waals surface area contributed by atoms with Gasteiger partial charge in [-0.25, -0.2) is 13.8 Å². The van der Waals surface area contributed by atoms with Crippen molar-refractivity contribution in [1.29, 1.82) is 0 Å². The minimum absolute atomic E-state index is 0.179. The van der Waals surface area contributed by atoms with E-state index in [1.54, 1.807) is 6.07 Å². The molecule has 2 aromatic carbocycles. The molecule has 29 heavy (non-hydrogen) atoms. The minimum atomic E-state index is -0.736. The Morgan fingerprint density at radius 3 is 2.66 bits per heavy atom. The molecule has 3 N–H and O–H groups in total. The van der Waals surface area contributed by atoms with Gasteiger partial charge < -0.3 is 15.6 Å². The van der Waals surface area contributed by atoms with Crippen molar-refractivity contribution in [2.75, 3.05) is 11.9 Å². The number of amides is 1. The van der Waals surface area contributed by atoms with Gasteiger partial charge in [-0.2, -0.15) is 0 Å². The molecule has 1 amide bonds. The number of carbonyl (C=O) groups excluding carboxylic acids is 1. The van der Waals surface area contributed by atoms with Crippen LogP contribution in [-0.4, -0.2) is 22.4 Å². The maximum Gasteiger partial charge on any atom is 0.251 e. The molecular weight excluding hydrogens is 374 g/mol. The fraction of sp³-hybridized carbons (Fsp3) is 0.0909. The van der Waals surface area contributed by atoms with Gasteiger partial charge in [0.15, 0.2) is 0 Å². The van der Waals surface area contributed by atoms with Crippen molar-refractivity contribution >= 4 is 28.3 Å². The molecule has 0 aliphatic carbocycles. The third-order valence-corrected chi connectivity index (χ3v) is 4.59. The van der Waals surface area contributed by atoms with Crippen LogP contribution in [0.4, 0.5) is 20.3 Å². The average molecular weight is 392 g/mol. The molecule has 0 fully saturated rings. The summed E-state index contributed by atoms with van der Waals surface area (Å²) < 4.78 is 27.6. The number of nitrogens with one attached hydrogen (secondary N) is 3. The third kappa shape index (κ3) is 4.08. The highest BCUT2D eigenvalue weighted by Crippen LogP contribution is 2.22. The van der Waals surface area contributed by atoms with Crippen molar-refractivity contribution < 1.29 is 13.6 Å². The van der Waals surface area contributed by atoms with Crippen LogP contribution in [0.15, 0.2) is 67.0 Å². The summed E-state index contributed by atoms with van der Waals surface area (Å²) in [6.45, 7) is 0.452. The lowest BCUT2D eigenvalue weighted by atomic mass is 10.1. The number of pyridine rings is 1. The van der Waals surface area contributed by atoms with Crippen LogP contribution in [0.5, 0.6) is 0 Å². The van der Waals surface area contributed by atoms with Crippen LogP contribution < -0.4 is 10.6 Å². The molecule has 5 nitrogen and oxygen atoms in total. The molecule has 2 heterocycles. The van der Waals surface area contributed by atoms with Crippen molar-refractivity contribution in [3.05, 3.63) is 89.8 Å². The first-order chi connectivity index (χ1) is 14.1. The quantitative estimate of drug-likeness (QED) is 0.451. The number of hydrogen-bond acceptors (Lipinski definition) is 3. The van der Waals surface area contributed by atoms with E-state index >= 15 is 0 Å². The van der Waals surface area contributed by atoms with Crippen LogP contribution >= 0.6 is 0 Å². The Hall–Kier alpha value is -3.74. The van der Waals surface area contributed by atoms with Gasteiger partial charge >= 0.3 is 0 Å². The maximum absolute atomic E-state index is 13.8. The van der Waals surface area contributed by atoms with Crippen LogP contribution in [0.25, 0.3) is 10.9 Å². The van der Waals surface area contributed by atoms with Gasteiger partial charge in [0.05, 0.1) is 0 Å². The second kappa shape index (κ2) is 8.10. The molecule has 0 aliphatic heterocycles. The van der Waals surface area contributed by atoms with E-state index in [-0.39, 0.29) is 17.4 Å². The van der Waals surface area contributed by atoms with Crippen LogP contribution in [0, 0.1) is 11.6 Å². The summed E-state index contributed by atoms with van der Waals surface area (Å²) >= 11 is 0. The Labute approximate surface area is 165 Å². The van der Waals surface area contributed by atoms with E-state index in [0.717, 1.165) is 28.6 Å². The minimum Gasteiger partial charge on any atom is -0.361 e. The van der Waals surface area contributed by atoms with Crippen LogP contribution in [-0.2, 0) is 6.42 Å². The number of fused-ring (bicyclic) bond motifs is 1. The van der Waals surface area contributed by atoms with Gasteiger partial charge in [-0.1, -0.05) is 24.3 Å². The number of aromatic amines is 1. The molecule has 0 aliphatic rings. The number of nitrogens with zero attached hydrogens (tertiary/aromatic N) is 1. The number of para-hydroxylation sites is 2. The molecule has 0 saturated heterocycles. The fourth-order valence-corrected chi connectivity index (χ4v) is 3.14. The predicted molar refractivity (Wildman–Crippen MR) is 108 cm³/mol. The first-order valence-corrected chi connectivity index (χ1v) is 9.12. The predicted octanol–water partition coefficient (Wildman–Crippen LogP) is 4.56. The van der Waals surface area contributed by atoms with E-state index in [0.29, 0.717) is 18.5 Å². The van der Waals surface area contributed by atoms with Crippen molar-refractivity contribution in [2.24, 2.45) is 0 Å². The Morgan fingerprint density at radius 2 is 1.83 bits per heavy atom. The van der Waals surface area contributed by atoms with E-state index in [1.807, 2.05) is 30.5 Å². The molecule has 0 atom stereocenters. The average Bonchev–Trinajstić information content (AvgIpc) is 3.14. The molecule has 2 aromatic heterocycles. The topological polar surface area (TPSA) is 69.8 Å². The first-order valence-electron chi connectivity index (χ1n) is 9.12. The third-order valence-electron chi connectivity index (χ3n) is 4.59. The summed E-state index contributed by atoms with van der Waals surface area (Å²) in [7, 11) is 0. The second-order valence-electron chi connectivity index (χ2n) is 6.52. The summed E-state index contributed by atoms with van der Waals surface area (Å²) in [6.07, 6.45) is 4.02. The van der Waals surface area contributed by atoms with Crippen LogP contribution in [0.3, 0.4) is 0 Å². The summed E-state index contributed by atoms with van der Waals surface area (Å²) in [4.78, 5) is 19.7. The maximum atomic E-state index is 13.8. The smallest absolute Gasteiger partial charge is 0.251 e. The standard InChI is InChI=1S/C22H18F2N4O/c23-17-5-3-6-18(24)21(17)28-20-12-14(8-10-25-20)22(29)26-11-9-15-13-27-19-7-2-1-4-16(15)19/h1-8,10,12-13,27H,9,11H2,(H,25,28)(H,26,29). The fourth-order valence-electron chi connectivity index (χ4n) is 3.14. The van der Waals surface area contributed by atoms with E-state index in [2.05, 4.69) is 20.6 Å². The Bertz CT molecular complexity index is 1150. The Balaban J connectivity index is 1.41. The van der Waals surface area contributed by atoms with Gasteiger partial charge in [0, 0.05) is 35.4 Å². The molecule has 4 rings (SSSR count). The van der Waals surface area contributed by atoms with Crippen LogP contribution in [0.1, 0.15) is 15.9 Å². The number of carbonyl (C=O) groups is 1. The number of rotatable bonds is 6. The van der Waals surface area contributed by atoms with E-state index in [1.165, 1.54) is 18.3 Å². The number of halogens is 2. The van der Waals surface area contributed by atoms with Crippen LogP contribution in [0.2, 0.25) is 0 Å². The largest absolute Gasteiger partial charge is 0.361 e. The summed E-state index contributed by atoms with van der Waals surface area (Å²) in [6, 6.07) is 14.5. The molecular formula is C22H18F2N4O. The summed E-state index contributed by atoms with van der Waals surface area (Å²) in [5.41, 5.74) is 2.21. The lowest BCUT2D eigenvalue weighted by Gasteiger charge is -2.09. The number of hydrogen-bond donors (Lipinski definition) is 3. The molecule has 0 radical (unpaired) electrons. The van der Waals surface area contributed by atoms with Gasteiger partial charge in [-0.15, -0.1) is 0 Å². The van der Waals surface area contributed by atoms with Gasteiger partial charge in [-0.05, 0) is 42.3 Å². The molecule has 0 bridgehead atoms. The summed E-state index contributed by atoms with van der Waals surface area (Å²) in [5.74, 6) is -1.58. The highest BCUT2D eigenvalue weighted by Gasteiger charge is 2.12. The first kappa shape index (κ1) is 18.6. The lowest BCUT2D eigenvalue weighted by molar-refractivity contribution is 0.0954. The normalized spacial score (nSPS) is 10.8. The zero-order valence-corrected chi connectivity index (χ0v) is 15.4. The van der Waals surface area contributed by atoms with Crippen molar-refractivity contribution in [2.45, 2.75) is 6.42 Å². The second-order valence-corrected chi connectivity index (χ2v) is 6.52. The molecule has 146 valence electrons. The number of H-pyrrole nitrogens is 1. The lowest BCUT2D eigenvalue weighted by Crippen LogP contribution is -2.25. The van der Waals surface area contributed by atoms with Crippen molar-refractivity contribution in [3.8, 4) is 0 Å². The molecule has 0 unspecified atom stereocenters. The van der Waals surface area contributed by atoms with E-state index < -0.39 is 11.6 Å². The van der Waals surface area contributed by atoms with E-state index in [4.69, 9.17) is 0 Å². The molecule has 0 saturated carbocycles. The zero-order valence-electron chi connectivity index (χ0n) is 15.4. The van der Waals surface area contributed by atoms with Gasteiger partial charge in [0.2, 0.25) is 0 Å². The number of anilines is 2. The van der Waals surface area contributed by atoms with Crippen molar-refractivity contribution in [1.82, 2.24) is 15.3 Å². The van der Waals surface area contributed by atoms with Gasteiger partial charge in [-0.3, -0.25) is 4.79 Å². The highest BCUT2D eigenvalue weighted by molar-refractivity contribution is 5.95. The Kier molecular flexibility index (Phi) is 5.20. The SMILES string of the molecule is O=C(NCCc1c[nH]c2ccccc12)c1ccnc(Nc2c(F)cccc2F)c1. The molecule has 0 spiro atoms. The highest BCUT2D eigenvalue weighted by atomic mass is 19.1. The van der Waals surface area contributed by atoms with E-state index in [9.17, 15) is 13.6 Å².